The van der Waals surface area contributed by atoms with Crippen molar-refractivity contribution in [1.29, 1.82) is 0 Å². The predicted molar refractivity (Wildman–Crippen MR) is 95.7 cm³/mol. The van der Waals surface area contributed by atoms with Gasteiger partial charge in [-0.05, 0) is 25.8 Å². The smallest absolute Gasteiger partial charge is 0.240 e. The van der Waals surface area contributed by atoms with E-state index in [9.17, 15) is 14.4 Å². The molecule has 0 spiro atoms. The molecule has 1 aliphatic heterocycles. The fourth-order valence-corrected chi connectivity index (χ4v) is 3.25. The number of allylic oxidation sites excluding steroid dienone is 1. The van der Waals surface area contributed by atoms with E-state index in [2.05, 4.69) is 5.32 Å². The van der Waals surface area contributed by atoms with Gasteiger partial charge in [0.25, 0.3) is 0 Å². The molecule has 1 fully saturated rings. The van der Waals surface area contributed by atoms with E-state index in [-0.39, 0.29) is 35.9 Å². The maximum absolute atomic E-state index is 12.5. The first kappa shape index (κ1) is 18.3. The van der Waals surface area contributed by atoms with Crippen molar-refractivity contribution in [2.45, 2.75) is 33.2 Å². The summed E-state index contributed by atoms with van der Waals surface area (Å²) in [4.78, 5) is 37.9. The Hall–Kier alpha value is -2.08. The van der Waals surface area contributed by atoms with Gasteiger partial charge in [0.05, 0.1) is 10.8 Å². The number of hydrogen-bond acceptors (Lipinski definition) is 4. The van der Waals surface area contributed by atoms with Gasteiger partial charge in [-0.25, -0.2) is 0 Å². The lowest BCUT2D eigenvalue weighted by Crippen LogP contribution is -2.41. The molecule has 1 heterocycles. The summed E-state index contributed by atoms with van der Waals surface area (Å²) in [5, 5.41) is 3.37. The third-order valence-electron chi connectivity index (χ3n) is 3.90. The zero-order valence-corrected chi connectivity index (χ0v) is 15.0. The van der Waals surface area contributed by atoms with E-state index >= 15 is 0 Å². The van der Waals surface area contributed by atoms with Gasteiger partial charge in [0.1, 0.15) is 6.54 Å². The van der Waals surface area contributed by atoms with E-state index in [1.807, 2.05) is 39.0 Å². The zero-order valence-electron chi connectivity index (χ0n) is 14.2. The number of carbonyl (C=O) groups excluding carboxylic acids is 3. The van der Waals surface area contributed by atoms with E-state index < -0.39 is 0 Å². The number of aryl methyl sites for hydroxylation is 1. The first-order valence-corrected chi connectivity index (χ1v) is 8.95. The summed E-state index contributed by atoms with van der Waals surface area (Å²) in [7, 11) is 0. The number of hydrogen-bond donors (Lipinski definition) is 1. The van der Waals surface area contributed by atoms with Crippen LogP contribution in [0.1, 0.15) is 36.2 Å². The van der Waals surface area contributed by atoms with E-state index in [4.69, 9.17) is 0 Å². The molecule has 5 nitrogen and oxygen atoms in total. The lowest BCUT2D eigenvalue weighted by atomic mass is 10.1. The monoisotopic (exact) mass is 346 g/mol. The Labute approximate surface area is 146 Å². The Morgan fingerprint density at radius 2 is 2.08 bits per heavy atom. The third-order valence-corrected chi connectivity index (χ3v) is 4.92. The first-order chi connectivity index (χ1) is 11.4. The molecule has 0 aromatic heterocycles. The molecule has 1 aromatic carbocycles. The molecule has 2 rings (SSSR count). The second-order valence-electron chi connectivity index (χ2n) is 5.81. The fourth-order valence-electron chi connectivity index (χ4n) is 2.31. The fraction of sp³-hybridized carbons (Fsp3) is 0.389. The number of carbonyl (C=O) groups is 3. The van der Waals surface area contributed by atoms with Gasteiger partial charge < -0.3 is 5.32 Å². The van der Waals surface area contributed by atoms with Crippen LogP contribution in [0.2, 0.25) is 0 Å². The summed E-state index contributed by atoms with van der Waals surface area (Å²) in [6, 6.07) is 7.37. The predicted octanol–water partition coefficient (Wildman–Crippen LogP) is 2.51. The number of nitrogens with one attached hydrogen (secondary N) is 1. The Bertz CT molecular complexity index is 685. The van der Waals surface area contributed by atoms with Gasteiger partial charge in [-0.1, -0.05) is 43.0 Å². The average molecular weight is 346 g/mol. The second kappa shape index (κ2) is 8.15. The van der Waals surface area contributed by atoms with Crippen LogP contribution < -0.4 is 5.32 Å². The van der Waals surface area contributed by atoms with Gasteiger partial charge in [0.15, 0.2) is 5.78 Å². The minimum atomic E-state index is -0.213. The van der Waals surface area contributed by atoms with Crippen LogP contribution in [-0.2, 0) is 9.59 Å². The van der Waals surface area contributed by atoms with Gasteiger partial charge in [-0.3, -0.25) is 19.3 Å². The molecule has 0 saturated carbocycles. The molecule has 1 N–H and O–H groups in total. The summed E-state index contributed by atoms with van der Waals surface area (Å²) in [5.41, 5.74) is 1.49. The molecular formula is C18H22N2O3S. The van der Waals surface area contributed by atoms with E-state index in [1.54, 1.807) is 6.07 Å². The largest absolute Gasteiger partial charge is 0.352 e. The normalized spacial score (nSPS) is 17.2. The molecule has 128 valence electrons. The van der Waals surface area contributed by atoms with Crippen molar-refractivity contribution >= 4 is 29.4 Å². The number of nitrogens with zero attached hydrogens (tertiary/aromatic N) is 1. The van der Waals surface area contributed by atoms with E-state index in [1.165, 1.54) is 22.7 Å². The zero-order chi connectivity index (χ0) is 17.7. The number of benzene rings is 1. The SMILES string of the molecule is CC[C@H](C)NC(=O)CN1C(=O)CS/C1=C\C(=O)c1ccccc1C. The maximum atomic E-state index is 12.5. The molecule has 0 radical (unpaired) electrons. The second-order valence-corrected chi connectivity index (χ2v) is 6.80. The molecule has 1 saturated heterocycles. The molecule has 0 aliphatic carbocycles. The average Bonchev–Trinajstić information content (AvgIpc) is 2.88. The Balaban J connectivity index is 2.13. The van der Waals surface area contributed by atoms with Crippen LogP contribution in [0.4, 0.5) is 0 Å². The topological polar surface area (TPSA) is 66.5 Å². The van der Waals surface area contributed by atoms with Crippen molar-refractivity contribution < 1.29 is 14.4 Å². The molecule has 1 atom stereocenters. The Morgan fingerprint density at radius 1 is 1.38 bits per heavy atom. The highest BCUT2D eigenvalue weighted by molar-refractivity contribution is 8.04. The number of thioether (sulfide) groups is 1. The van der Waals surface area contributed by atoms with Crippen LogP contribution in [0.3, 0.4) is 0 Å². The van der Waals surface area contributed by atoms with Gasteiger partial charge in [-0.15, -0.1) is 0 Å². The molecule has 0 unspecified atom stereocenters. The third kappa shape index (κ3) is 4.47. The van der Waals surface area contributed by atoms with Crippen molar-refractivity contribution in [1.82, 2.24) is 10.2 Å². The quantitative estimate of drug-likeness (QED) is 0.635. The highest BCUT2D eigenvalue weighted by Gasteiger charge is 2.29. The van der Waals surface area contributed by atoms with Gasteiger partial charge in [-0.2, -0.15) is 0 Å². The van der Waals surface area contributed by atoms with Crippen molar-refractivity contribution in [2.75, 3.05) is 12.3 Å². The lowest BCUT2D eigenvalue weighted by molar-refractivity contribution is -0.131. The standard InChI is InChI=1S/C18H22N2O3S/c1-4-13(3)19-16(22)10-20-17(23)11-24-18(20)9-15(21)14-8-6-5-7-12(14)2/h5-9,13H,4,10-11H2,1-3H3,(H,19,22)/b18-9-/t13-/m0/s1. The van der Waals surface area contributed by atoms with Gasteiger partial charge in [0.2, 0.25) is 11.8 Å². The molecule has 0 bridgehead atoms. The summed E-state index contributed by atoms with van der Waals surface area (Å²) < 4.78 is 0. The number of amides is 2. The van der Waals surface area contributed by atoms with Crippen LogP contribution in [0.15, 0.2) is 35.4 Å². The summed E-state index contributed by atoms with van der Waals surface area (Å²) >= 11 is 1.29. The summed E-state index contributed by atoms with van der Waals surface area (Å²) in [6.45, 7) is 5.71. The summed E-state index contributed by atoms with van der Waals surface area (Å²) in [5.74, 6) is -0.265. The highest BCUT2D eigenvalue weighted by atomic mass is 32.2. The van der Waals surface area contributed by atoms with Crippen LogP contribution in [-0.4, -0.2) is 40.8 Å². The van der Waals surface area contributed by atoms with Crippen molar-refractivity contribution in [2.24, 2.45) is 0 Å². The van der Waals surface area contributed by atoms with Crippen LogP contribution in [0.5, 0.6) is 0 Å². The number of rotatable bonds is 6. The Morgan fingerprint density at radius 3 is 2.75 bits per heavy atom. The maximum Gasteiger partial charge on any atom is 0.240 e. The highest BCUT2D eigenvalue weighted by Crippen LogP contribution is 2.29. The lowest BCUT2D eigenvalue weighted by Gasteiger charge is -2.18. The van der Waals surface area contributed by atoms with Gasteiger partial charge in [0, 0.05) is 17.7 Å². The van der Waals surface area contributed by atoms with Crippen LogP contribution in [0.25, 0.3) is 0 Å². The molecule has 2 amide bonds. The van der Waals surface area contributed by atoms with Crippen LogP contribution in [0, 0.1) is 6.92 Å². The van der Waals surface area contributed by atoms with Crippen molar-refractivity contribution in [3.8, 4) is 0 Å². The van der Waals surface area contributed by atoms with E-state index in [0.29, 0.717) is 10.6 Å². The van der Waals surface area contributed by atoms with Crippen molar-refractivity contribution in [3.63, 3.8) is 0 Å². The number of ketones is 1. The van der Waals surface area contributed by atoms with E-state index in [0.717, 1.165) is 12.0 Å². The molecule has 6 heteroatoms. The summed E-state index contributed by atoms with van der Waals surface area (Å²) in [6.07, 6.45) is 2.28. The minimum absolute atomic E-state index is 0.0525. The molecule has 1 aromatic rings. The van der Waals surface area contributed by atoms with Gasteiger partial charge >= 0.3 is 0 Å². The van der Waals surface area contributed by atoms with Crippen LogP contribution >= 0.6 is 11.8 Å². The molecule has 1 aliphatic rings. The first-order valence-electron chi connectivity index (χ1n) is 7.96. The van der Waals surface area contributed by atoms with Crippen molar-refractivity contribution in [3.05, 3.63) is 46.5 Å². The molecular weight excluding hydrogens is 324 g/mol. The molecule has 24 heavy (non-hydrogen) atoms. The Kier molecular flexibility index (Phi) is 6.20. The minimum Gasteiger partial charge on any atom is -0.352 e.